The molecule has 156 valence electrons. The van der Waals surface area contributed by atoms with E-state index in [0.717, 1.165) is 66.8 Å². The zero-order valence-corrected chi connectivity index (χ0v) is 17.4. The Labute approximate surface area is 177 Å². The Bertz CT molecular complexity index is 949. The van der Waals surface area contributed by atoms with Crippen LogP contribution < -0.4 is 10.1 Å². The quantitative estimate of drug-likeness (QED) is 0.789. The maximum absolute atomic E-state index is 12.8. The highest BCUT2D eigenvalue weighted by Crippen LogP contribution is 2.27. The fourth-order valence-electron chi connectivity index (χ4n) is 4.24. The predicted octanol–water partition coefficient (Wildman–Crippen LogP) is 4.65. The van der Waals surface area contributed by atoms with Gasteiger partial charge in [0.25, 0.3) is 0 Å². The van der Waals surface area contributed by atoms with Gasteiger partial charge in [-0.3, -0.25) is 9.59 Å². The molecule has 1 aliphatic heterocycles. The molecular formula is C25H28N2O3. The average Bonchev–Trinajstić information content (AvgIpc) is 3.34. The molecule has 2 aromatic carbocycles. The average molecular weight is 405 g/mol. The Kier molecular flexibility index (Phi) is 6.17. The molecule has 1 fully saturated rings. The topological polar surface area (TPSA) is 58.6 Å². The van der Waals surface area contributed by atoms with E-state index in [2.05, 4.69) is 11.4 Å². The lowest BCUT2D eigenvalue weighted by molar-refractivity contribution is -0.131. The summed E-state index contributed by atoms with van der Waals surface area (Å²) in [5, 5.41) is 3.03. The second kappa shape index (κ2) is 9.16. The summed E-state index contributed by atoms with van der Waals surface area (Å²) in [6.07, 6.45) is 6.65. The van der Waals surface area contributed by atoms with E-state index in [-0.39, 0.29) is 17.7 Å². The van der Waals surface area contributed by atoms with Gasteiger partial charge in [-0.2, -0.15) is 0 Å². The Morgan fingerprint density at radius 3 is 2.63 bits per heavy atom. The molecule has 0 aromatic heterocycles. The van der Waals surface area contributed by atoms with E-state index < -0.39 is 0 Å². The molecule has 2 aromatic rings. The number of anilines is 1. The van der Waals surface area contributed by atoms with E-state index >= 15 is 0 Å². The Morgan fingerprint density at radius 1 is 1.07 bits per heavy atom. The van der Waals surface area contributed by atoms with Crippen molar-refractivity contribution in [3.05, 3.63) is 60.2 Å². The normalized spacial score (nSPS) is 18.6. The standard InChI is InChI=1S/C25H28N2O3/c1-30-23-10-4-8-20(16-23)18-11-13-22(14-12-18)26-24(28)21-9-5-15-27(17-21)25(29)19-6-2-3-7-19/h4,6,8,10-14,16,21H,2-3,5,7,9,15,17H2,1H3,(H,26,28). The maximum atomic E-state index is 12.8. The minimum atomic E-state index is -0.164. The molecule has 0 saturated carbocycles. The van der Waals surface area contributed by atoms with Crippen molar-refractivity contribution in [2.75, 3.05) is 25.5 Å². The van der Waals surface area contributed by atoms with Crippen LogP contribution in [0.25, 0.3) is 11.1 Å². The minimum Gasteiger partial charge on any atom is -0.497 e. The summed E-state index contributed by atoms with van der Waals surface area (Å²) >= 11 is 0. The third kappa shape index (κ3) is 4.56. The number of nitrogens with zero attached hydrogens (tertiary/aromatic N) is 1. The highest BCUT2D eigenvalue weighted by molar-refractivity contribution is 5.96. The van der Waals surface area contributed by atoms with Gasteiger partial charge in [0.1, 0.15) is 5.75 Å². The number of amides is 2. The summed E-state index contributed by atoms with van der Waals surface area (Å²) in [6, 6.07) is 15.7. The van der Waals surface area contributed by atoms with Crippen LogP contribution in [0.3, 0.4) is 0 Å². The van der Waals surface area contributed by atoms with Gasteiger partial charge < -0.3 is 15.0 Å². The first kappa shape index (κ1) is 20.2. The van der Waals surface area contributed by atoms with Crippen molar-refractivity contribution >= 4 is 17.5 Å². The van der Waals surface area contributed by atoms with Crippen molar-refractivity contribution < 1.29 is 14.3 Å². The van der Waals surface area contributed by atoms with E-state index in [1.165, 1.54) is 0 Å². The Balaban J connectivity index is 1.37. The molecule has 0 spiro atoms. The smallest absolute Gasteiger partial charge is 0.249 e. The number of hydrogen-bond acceptors (Lipinski definition) is 3. The van der Waals surface area contributed by atoms with Gasteiger partial charge in [0, 0.05) is 24.4 Å². The summed E-state index contributed by atoms with van der Waals surface area (Å²) in [5.74, 6) is 0.757. The second-order valence-corrected chi connectivity index (χ2v) is 8.01. The Hall–Kier alpha value is -3.08. The number of likely N-dealkylation sites (tertiary alicyclic amines) is 1. The van der Waals surface area contributed by atoms with Crippen LogP contribution in [0.1, 0.15) is 32.1 Å². The first-order chi connectivity index (χ1) is 14.6. The van der Waals surface area contributed by atoms with E-state index in [9.17, 15) is 9.59 Å². The van der Waals surface area contributed by atoms with Gasteiger partial charge in [-0.05, 0) is 67.5 Å². The van der Waals surface area contributed by atoms with Crippen LogP contribution in [0.5, 0.6) is 5.75 Å². The maximum Gasteiger partial charge on any atom is 0.249 e. The summed E-state index contributed by atoms with van der Waals surface area (Å²) < 4.78 is 5.29. The first-order valence-corrected chi connectivity index (χ1v) is 10.7. The second-order valence-electron chi connectivity index (χ2n) is 8.01. The number of ether oxygens (including phenoxy) is 1. The van der Waals surface area contributed by atoms with Crippen molar-refractivity contribution in [2.45, 2.75) is 32.1 Å². The van der Waals surface area contributed by atoms with Gasteiger partial charge in [-0.15, -0.1) is 0 Å². The lowest BCUT2D eigenvalue weighted by atomic mass is 9.96. The fraction of sp³-hybridized carbons (Fsp3) is 0.360. The van der Waals surface area contributed by atoms with Crippen LogP contribution in [-0.4, -0.2) is 36.9 Å². The molecule has 1 heterocycles. The van der Waals surface area contributed by atoms with E-state index in [1.807, 2.05) is 53.4 Å². The van der Waals surface area contributed by atoms with Gasteiger partial charge in [-0.1, -0.05) is 30.3 Å². The van der Waals surface area contributed by atoms with Gasteiger partial charge in [0.05, 0.1) is 13.0 Å². The van der Waals surface area contributed by atoms with Crippen molar-refractivity contribution in [2.24, 2.45) is 5.92 Å². The van der Waals surface area contributed by atoms with Crippen LogP contribution in [0.15, 0.2) is 60.2 Å². The molecule has 2 amide bonds. The van der Waals surface area contributed by atoms with E-state index in [4.69, 9.17) is 4.74 Å². The molecule has 0 radical (unpaired) electrons. The van der Waals surface area contributed by atoms with Crippen molar-refractivity contribution in [1.29, 1.82) is 0 Å². The number of benzene rings is 2. The molecule has 1 N–H and O–H groups in total. The third-order valence-corrected chi connectivity index (χ3v) is 5.95. The SMILES string of the molecule is COc1cccc(-c2ccc(NC(=O)C3CCCN(C(=O)C4=CCCC4)C3)cc2)c1. The van der Waals surface area contributed by atoms with Crippen LogP contribution in [0.4, 0.5) is 5.69 Å². The summed E-state index contributed by atoms with van der Waals surface area (Å²) in [4.78, 5) is 27.3. The van der Waals surface area contributed by atoms with Gasteiger partial charge in [-0.25, -0.2) is 0 Å². The summed E-state index contributed by atoms with van der Waals surface area (Å²) in [6.45, 7) is 1.25. The molecule has 2 aliphatic rings. The number of carbonyl (C=O) groups is 2. The number of nitrogens with one attached hydrogen (secondary N) is 1. The van der Waals surface area contributed by atoms with Crippen LogP contribution in [-0.2, 0) is 9.59 Å². The number of allylic oxidation sites excluding steroid dienone is 1. The molecule has 1 saturated heterocycles. The van der Waals surface area contributed by atoms with Crippen LogP contribution in [0, 0.1) is 5.92 Å². The van der Waals surface area contributed by atoms with Crippen LogP contribution in [0.2, 0.25) is 0 Å². The molecule has 1 atom stereocenters. The number of hydrogen-bond donors (Lipinski definition) is 1. The number of rotatable bonds is 5. The molecule has 30 heavy (non-hydrogen) atoms. The van der Waals surface area contributed by atoms with Crippen molar-refractivity contribution in [3.8, 4) is 16.9 Å². The van der Waals surface area contributed by atoms with Crippen LogP contribution >= 0.6 is 0 Å². The summed E-state index contributed by atoms with van der Waals surface area (Å²) in [7, 11) is 1.66. The summed E-state index contributed by atoms with van der Waals surface area (Å²) in [5.41, 5.74) is 3.82. The predicted molar refractivity (Wildman–Crippen MR) is 118 cm³/mol. The molecule has 0 bridgehead atoms. The number of piperidine rings is 1. The first-order valence-electron chi connectivity index (χ1n) is 10.7. The molecule has 5 nitrogen and oxygen atoms in total. The molecule has 4 rings (SSSR count). The molecule has 5 heteroatoms. The molecule has 1 unspecified atom stereocenters. The number of methoxy groups -OCH3 is 1. The third-order valence-electron chi connectivity index (χ3n) is 5.95. The zero-order valence-electron chi connectivity index (χ0n) is 17.4. The monoisotopic (exact) mass is 404 g/mol. The van der Waals surface area contributed by atoms with E-state index in [0.29, 0.717) is 6.54 Å². The van der Waals surface area contributed by atoms with E-state index in [1.54, 1.807) is 7.11 Å². The fourth-order valence-corrected chi connectivity index (χ4v) is 4.24. The number of carbonyl (C=O) groups excluding carboxylic acids is 2. The lowest BCUT2D eigenvalue weighted by Crippen LogP contribution is -2.44. The molecule has 1 aliphatic carbocycles. The largest absolute Gasteiger partial charge is 0.497 e. The minimum absolute atomic E-state index is 0.0120. The zero-order chi connectivity index (χ0) is 20.9. The highest BCUT2D eigenvalue weighted by Gasteiger charge is 2.30. The van der Waals surface area contributed by atoms with Gasteiger partial charge >= 0.3 is 0 Å². The van der Waals surface area contributed by atoms with Gasteiger partial charge in [0.2, 0.25) is 11.8 Å². The van der Waals surface area contributed by atoms with Gasteiger partial charge in [0.15, 0.2) is 0 Å². The van der Waals surface area contributed by atoms with Crippen molar-refractivity contribution in [1.82, 2.24) is 4.90 Å². The van der Waals surface area contributed by atoms with Crippen molar-refractivity contribution in [3.63, 3.8) is 0 Å². The highest BCUT2D eigenvalue weighted by atomic mass is 16.5. The Morgan fingerprint density at radius 2 is 1.90 bits per heavy atom. The lowest BCUT2D eigenvalue weighted by Gasteiger charge is -2.32. The molecular weight excluding hydrogens is 376 g/mol.